The Morgan fingerprint density at radius 1 is 1.02 bits per heavy atom. The second kappa shape index (κ2) is 12.8. The maximum atomic E-state index is 13.0. The first-order valence-corrected chi connectivity index (χ1v) is 15.9. The number of carbonyl (C=O) groups is 1. The Labute approximate surface area is 250 Å². The number of carbonyl (C=O) groups excluding carboxylic acids is 1. The lowest BCUT2D eigenvalue weighted by atomic mass is 10.2. The highest BCUT2D eigenvalue weighted by Crippen LogP contribution is 2.27. The molecular weight excluding hydrogens is 638 g/mol. The predicted molar refractivity (Wildman–Crippen MR) is 157 cm³/mol. The van der Waals surface area contributed by atoms with Gasteiger partial charge in [0.15, 0.2) is 11.0 Å². The van der Waals surface area contributed by atoms with Crippen molar-refractivity contribution in [2.24, 2.45) is 0 Å². The third kappa shape index (κ3) is 6.76. The molecule has 1 aromatic heterocycles. The zero-order chi connectivity index (χ0) is 28.1. The fraction of sp³-hybridized carbons (Fsp3) is 0.222. The van der Waals surface area contributed by atoms with Gasteiger partial charge in [-0.2, -0.15) is 4.31 Å². The van der Waals surface area contributed by atoms with E-state index in [1.54, 1.807) is 6.07 Å². The maximum Gasteiger partial charge on any atom is 0.251 e. The van der Waals surface area contributed by atoms with Crippen LogP contribution in [0, 0.1) is 0 Å². The number of morpholine rings is 1. The molecule has 0 bridgehead atoms. The summed E-state index contributed by atoms with van der Waals surface area (Å²) in [7, 11) is -3.64. The summed E-state index contributed by atoms with van der Waals surface area (Å²) in [5, 5.41) is 12.8. The molecule has 4 aromatic rings. The molecule has 9 nitrogen and oxygen atoms in total. The summed E-state index contributed by atoms with van der Waals surface area (Å²) in [5.74, 6) is 0.846. The van der Waals surface area contributed by atoms with Crippen LogP contribution in [0.25, 0.3) is 5.69 Å². The summed E-state index contributed by atoms with van der Waals surface area (Å²) in [6.45, 7) is 1.45. The molecule has 1 N–H and O–H groups in total. The van der Waals surface area contributed by atoms with Gasteiger partial charge in [-0.1, -0.05) is 57.5 Å². The van der Waals surface area contributed by atoms with Gasteiger partial charge in [0, 0.05) is 33.9 Å². The first-order valence-electron chi connectivity index (χ1n) is 12.3. The van der Waals surface area contributed by atoms with Crippen LogP contribution >= 0.6 is 39.3 Å². The Kier molecular flexibility index (Phi) is 9.24. The molecule has 40 heavy (non-hydrogen) atoms. The molecule has 1 saturated heterocycles. The van der Waals surface area contributed by atoms with Gasteiger partial charge in [-0.05, 0) is 60.2 Å². The van der Waals surface area contributed by atoms with E-state index in [1.165, 1.54) is 40.3 Å². The van der Waals surface area contributed by atoms with Crippen LogP contribution < -0.4 is 5.32 Å². The number of benzene rings is 3. The Bertz CT molecular complexity index is 1590. The number of sulfonamides is 1. The van der Waals surface area contributed by atoms with E-state index in [4.69, 9.17) is 16.3 Å². The minimum Gasteiger partial charge on any atom is -0.379 e. The van der Waals surface area contributed by atoms with Crippen molar-refractivity contribution < 1.29 is 17.9 Å². The molecule has 2 heterocycles. The average Bonchev–Trinajstić information content (AvgIpc) is 3.39. The van der Waals surface area contributed by atoms with E-state index >= 15 is 0 Å². The van der Waals surface area contributed by atoms with E-state index in [9.17, 15) is 13.2 Å². The van der Waals surface area contributed by atoms with Crippen molar-refractivity contribution in [2.45, 2.75) is 22.3 Å². The molecule has 1 aliphatic rings. The number of thioether (sulfide) groups is 1. The lowest BCUT2D eigenvalue weighted by molar-refractivity contribution is 0.0730. The van der Waals surface area contributed by atoms with Gasteiger partial charge >= 0.3 is 0 Å². The number of hydrogen-bond acceptors (Lipinski definition) is 7. The van der Waals surface area contributed by atoms with Crippen molar-refractivity contribution in [1.29, 1.82) is 0 Å². The van der Waals surface area contributed by atoms with Gasteiger partial charge in [0.1, 0.15) is 0 Å². The van der Waals surface area contributed by atoms with Gasteiger partial charge in [-0.3, -0.25) is 9.36 Å². The molecule has 0 atom stereocenters. The molecule has 5 rings (SSSR count). The average molecular weight is 663 g/mol. The van der Waals surface area contributed by atoms with Gasteiger partial charge < -0.3 is 10.1 Å². The number of amides is 1. The lowest BCUT2D eigenvalue weighted by Gasteiger charge is -2.26. The number of halogens is 2. The zero-order valence-electron chi connectivity index (χ0n) is 21.2. The zero-order valence-corrected chi connectivity index (χ0v) is 25.1. The first kappa shape index (κ1) is 28.8. The van der Waals surface area contributed by atoms with Gasteiger partial charge in [-0.15, -0.1) is 10.2 Å². The van der Waals surface area contributed by atoms with Crippen LogP contribution in [0.1, 0.15) is 21.7 Å². The second-order valence-corrected chi connectivity index (χ2v) is 13.1. The first-order chi connectivity index (χ1) is 19.3. The molecule has 1 fully saturated rings. The van der Waals surface area contributed by atoms with E-state index < -0.39 is 10.0 Å². The minimum atomic E-state index is -3.64. The lowest BCUT2D eigenvalue weighted by Crippen LogP contribution is -2.40. The van der Waals surface area contributed by atoms with Gasteiger partial charge in [-0.25, -0.2) is 8.42 Å². The molecule has 0 saturated carbocycles. The molecule has 208 valence electrons. The monoisotopic (exact) mass is 661 g/mol. The molecule has 0 spiro atoms. The number of nitrogens with zero attached hydrogens (tertiary/aromatic N) is 4. The molecule has 0 unspecified atom stereocenters. The van der Waals surface area contributed by atoms with Crippen LogP contribution in [0.2, 0.25) is 5.02 Å². The van der Waals surface area contributed by atoms with Crippen molar-refractivity contribution in [1.82, 2.24) is 24.4 Å². The number of rotatable bonds is 9. The third-order valence-electron chi connectivity index (χ3n) is 6.18. The summed E-state index contributed by atoms with van der Waals surface area (Å²) >= 11 is 11.2. The Hall–Kier alpha value is -2.74. The van der Waals surface area contributed by atoms with Crippen LogP contribution in [-0.4, -0.2) is 59.7 Å². The number of hydrogen-bond donors (Lipinski definition) is 1. The number of aromatic nitrogens is 3. The fourth-order valence-electron chi connectivity index (χ4n) is 4.09. The molecule has 0 radical (unpaired) electrons. The standard InChI is InChI=1S/C27H25BrClN5O4S2/c28-21-8-4-19(5-9-21)18-39-27-32-31-25(34(27)23-3-1-2-22(29)16-23)17-30-26(35)20-6-10-24(11-7-20)40(36,37)33-12-14-38-15-13-33/h1-11,16H,12-15,17-18H2,(H,30,35). The van der Waals surface area contributed by atoms with Crippen LogP contribution in [0.3, 0.4) is 0 Å². The number of nitrogens with one attached hydrogen (secondary N) is 1. The second-order valence-electron chi connectivity index (χ2n) is 8.85. The minimum absolute atomic E-state index is 0.102. The summed E-state index contributed by atoms with van der Waals surface area (Å²) in [6.07, 6.45) is 0. The highest BCUT2D eigenvalue weighted by atomic mass is 79.9. The van der Waals surface area contributed by atoms with Crippen LogP contribution in [0.4, 0.5) is 0 Å². The molecule has 13 heteroatoms. The summed E-state index contributed by atoms with van der Waals surface area (Å²) in [4.78, 5) is 13.1. The van der Waals surface area contributed by atoms with Gasteiger partial charge in [0.2, 0.25) is 10.0 Å². The van der Waals surface area contributed by atoms with Crippen LogP contribution in [0.5, 0.6) is 0 Å². The Morgan fingerprint density at radius 2 is 1.75 bits per heavy atom. The van der Waals surface area contributed by atoms with E-state index in [2.05, 4.69) is 31.4 Å². The molecular formula is C27H25BrClN5O4S2. The highest BCUT2D eigenvalue weighted by molar-refractivity contribution is 9.10. The Morgan fingerprint density at radius 3 is 2.45 bits per heavy atom. The molecule has 1 amide bonds. The number of ether oxygens (including phenoxy) is 1. The van der Waals surface area contributed by atoms with Crippen molar-refractivity contribution in [3.63, 3.8) is 0 Å². The predicted octanol–water partition coefficient (Wildman–Crippen LogP) is 4.93. The van der Waals surface area contributed by atoms with Crippen LogP contribution in [-0.2, 0) is 27.1 Å². The summed E-state index contributed by atoms with van der Waals surface area (Å²) in [6, 6.07) is 21.3. The van der Waals surface area contributed by atoms with Crippen molar-refractivity contribution in [3.05, 3.63) is 99.2 Å². The smallest absolute Gasteiger partial charge is 0.251 e. The van der Waals surface area contributed by atoms with E-state index in [-0.39, 0.29) is 17.3 Å². The topological polar surface area (TPSA) is 106 Å². The van der Waals surface area contributed by atoms with E-state index in [0.29, 0.717) is 53.6 Å². The van der Waals surface area contributed by atoms with Crippen molar-refractivity contribution in [3.8, 4) is 5.69 Å². The quantitative estimate of drug-likeness (QED) is 0.254. The van der Waals surface area contributed by atoms with Gasteiger partial charge in [0.05, 0.1) is 30.3 Å². The summed E-state index contributed by atoms with van der Waals surface area (Å²) in [5.41, 5.74) is 2.24. The molecule has 1 aliphatic heterocycles. The van der Waals surface area contributed by atoms with Crippen molar-refractivity contribution >= 4 is 55.2 Å². The Balaban J connectivity index is 1.31. The summed E-state index contributed by atoms with van der Waals surface area (Å²) < 4.78 is 35.3. The van der Waals surface area contributed by atoms with E-state index in [1.807, 2.05) is 47.0 Å². The largest absolute Gasteiger partial charge is 0.379 e. The highest BCUT2D eigenvalue weighted by Gasteiger charge is 2.26. The van der Waals surface area contributed by atoms with Crippen molar-refractivity contribution in [2.75, 3.05) is 26.3 Å². The fourth-order valence-corrected chi connectivity index (χ4v) is 6.87. The normalized spacial score (nSPS) is 14.2. The van der Waals surface area contributed by atoms with Crippen LogP contribution in [0.15, 0.2) is 87.3 Å². The SMILES string of the molecule is O=C(NCc1nnc(SCc2ccc(Br)cc2)n1-c1cccc(Cl)c1)c1ccc(S(=O)(=O)N2CCOCC2)cc1. The van der Waals surface area contributed by atoms with E-state index in [0.717, 1.165) is 15.7 Å². The maximum absolute atomic E-state index is 13.0. The third-order valence-corrected chi connectivity index (χ3v) is 9.86. The van der Waals surface area contributed by atoms with Gasteiger partial charge in [0.25, 0.3) is 5.91 Å². The molecule has 0 aliphatic carbocycles. The molecule has 3 aromatic carbocycles.